The first kappa shape index (κ1) is 20.5. The first-order valence-corrected chi connectivity index (χ1v) is 8.68. The van der Waals surface area contributed by atoms with Gasteiger partial charge in [-0.2, -0.15) is 18.2 Å². The molecule has 156 valence electrons. The van der Waals surface area contributed by atoms with E-state index in [9.17, 15) is 27.6 Å². The molecule has 0 unspecified atom stereocenters. The molecule has 0 aliphatic heterocycles. The number of halogens is 3. The molecule has 0 saturated heterocycles. The summed E-state index contributed by atoms with van der Waals surface area (Å²) in [6, 6.07) is -0.806. The van der Waals surface area contributed by atoms with Crippen molar-refractivity contribution in [1.29, 1.82) is 0 Å². The molecule has 4 N–H and O–H groups in total. The third-order valence-corrected chi connectivity index (χ3v) is 4.81. The molecule has 3 rings (SSSR count). The monoisotopic (exact) mass is 414 g/mol. The van der Waals surface area contributed by atoms with E-state index in [1.807, 2.05) is 0 Å². The van der Waals surface area contributed by atoms with Gasteiger partial charge in [-0.1, -0.05) is 0 Å². The molecular weight excluding hydrogens is 397 g/mol. The van der Waals surface area contributed by atoms with Crippen LogP contribution in [0.1, 0.15) is 31.4 Å². The largest absolute Gasteiger partial charge is 0.481 e. The number of nitrogens with zero attached hydrogens (tertiary/aromatic N) is 4. The van der Waals surface area contributed by atoms with Gasteiger partial charge in [0.2, 0.25) is 5.95 Å². The molecule has 2 heterocycles. The molecule has 1 amide bonds. The number of aromatic nitrogens is 4. The Morgan fingerprint density at radius 1 is 1.24 bits per heavy atom. The number of fused-ring (bicyclic) bond motifs is 1. The van der Waals surface area contributed by atoms with E-state index in [1.54, 1.807) is 0 Å². The lowest BCUT2D eigenvalue weighted by atomic mass is 9.85. The summed E-state index contributed by atoms with van der Waals surface area (Å²) in [5.74, 6) is -3.90. The molecule has 29 heavy (non-hydrogen) atoms. The molecule has 1 saturated carbocycles. The van der Waals surface area contributed by atoms with E-state index in [1.165, 1.54) is 0 Å². The van der Waals surface area contributed by atoms with E-state index in [-0.39, 0.29) is 48.5 Å². The molecule has 0 aromatic carbocycles. The Bertz CT molecular complexity index is 1000. The molecule has 0 bridgehead atoms. The van der Waals surface area contributed by atoms with Crippen LogP contribution in [0, 0.1) is 5.92 Å². The van der Waals surface area contributed by atoms with Gasteiger partial charge in [0, 0.05) is 6.04 Å². The number of aromatic amines is 1. The fraction of sp³-hybridized carbons (Fsp3) is 0.500. The van der Waals surface area contributed by atoms with Crippen molar-refractivity contribution in [2.45, 2.75) is 44.4 Å². The highest BCUT2D eigenvalue weighted by atomic mass is 19.4. The number of alkyl halides is 3. The summed E-state index contributed by atoms with van der Waals surface area (Å²) >= 11 is 0. The van der Waals surface area contributed by atoms with Crippen molar-refractivity contribution in [3.63, 3.8) is 0 Å². The zero-order valence-electron chi connectivity index (χ0n) is 14.9. The summed E-state index contributed by atoms with van der Waals surface area (Å²) in [7, 11) is 0. The Morgan fingerprint density at radius 2 is 1.90 bits per heavy atom. The van der Waals surface area contributed by atoms with Gasteiger partial charge in [-0.05, 0) is 25.7 Å². The second kappa shape index (κ2) is 7.64. The molecule has 1 aliphatic carbocycles. The van der Waals surface area contributed by atoms with Crippen molar-refractivity contribution in [3.8, 4) is 0 Å². The number of H-pyrrole nitrogens is 1. The second-order valence-corrected chi connectivity index (χ2v) is 6.76. The number of carboxylic acid groups (broad SMARTS) is 1. The standard InChI is InChI=1S/C16H17F3N6O4/c17-16(18,19)14(29)25(9-3-1-7(2-4-9)13(27)28)6-8-5-21-11-10(22-8)12(26)24-15(20)23-11/h5,7,9H,1-4,6H2,(H,27,28)(H3,20,21,23,24,26). The lowest BCUT2D eigenvalue weighted by Gasteiger charge is -2.36. The number of carbonyl (C=O) groups is 2. The summed E-state index contributed by atoms with van der Waals surface area (Å²) in [6.07, 6.45) is -3.45. The molecular formula is C16H17F3N6O4. The van der Waals surface area contributed by atoms with Crippen molar-refractivity contribution in [1.82, 2.24) is 24.8 Å². The van der Waals surface area contributed by atoms with Crippen LogP contribution >= 0.6 is 0 Å². The van der Waals surface area contributed by atoms with Crippen molar-refractivity contribution < 1.29 is 27.9 Å². The number of aliphatic carboxylic acids is 1. The molecule has 2 aromatic heterocycles. The van der Waals surface area contributed by atoms with Gasteiger partial charge in [0.05, 0.1) is 24.4 Å². The summed E-state index contributed by atoms with van der Waals surface area (Å²) in [4.78, 5) is 49.5. The van der Waals surface area contributed by atoms with E-state index >= 15 is 0 Å². The number of hydrogen-bond acceptors (Lipinski definition) is 7. The number of rotatable bonds is 4. The molecule has 1 fully saturated rings. The molecule has 13 heteroatoms. The van der Waals surface area contributed by atoms with E-state index in [0.29, 0.717) is 4.90 Å². The van der Waals surface area contributed by atoms with Crippen molar-refractivity contribution in [2.24, 2.45) is 5.92 Å². The Kier molecular flexibility index (Phi) is 5.40. The van der Waals surface area contributed by atoms with Crippen molar-refractivity contribution in [3.05, 3.63) is 22.2 Å². The number of carboxylic acids is 1. The number of nitrogens with one attached hydrogen (secondary N) is 1. The minimum Gasteiger partial charge on any atom is -0.481 e. The van der Waals surface area contributed by atoms with Gasteiger partial charge in [0.15, 0.2) is 11.2 Å². The lowest BCUT2D eigenvalue weighted by molar-refractivity contribution is -0.189. The van der Waals surface area contributed by atoms with Crippen LogP contribution in [0.2, 0.25) is 0 Å². The molecule has 0 atom stereocenters. The first-order chi connectivity index (χ1) is 13.6. The number of nitrogens with two attached hydrogens (primary N) is 1. The van der Waals surface area contributed by atoms with E-state index in [4.69, 9.17) is 10.8 Å². The van der Waals surface area contributed by atoms with Gasteiger partial charge in [-0.25, -0.2) is 9.97 Å². The topological polar surface area (TPSA) is 155 Å². The van der Waals surface area contributed by atoms with Crippen LogP contribution < -0.4 is 11.3 Å². The quantitative estimate of drug-likeness (QED) is 0.664. The average Bonchev–Trinajstić information content (AvgIpc) is 2.65. The predicted molar refractivity (Wildman–Crippen MR) is 92.4 cm³/mol. The third-order valence-electron chi connectivity index (χ3n) is 4.81. The minimum absolute atomic E-state index is 0.0347. The zero-order chi connectivity index (χ0) is 21.3. The van der Waals surface area contributed by atoms with E-state index in [2.05, 4.69) is 19.9 Å². The van der Waals surface area contributed by atoms with Gasteiger partial charge in [-0.3, -0.25) is 19.4 Å². The summed E-state index contributed by atoms with van der Waals surface area (Å²) in [6.45, 7) is -0.534. The highest BCUT2D eigenvalue weighted by molar-refractivity contribution is 5.82. The molecule has 0 spiro atoms. The Morgan fingerprint density at radius 3 is 2.48 bits per heavy atom. The minimum atomic E-state index is -5.11. The normalized spacial score (nSPS) is 19.8. The van der Waals surface area contributed by atoms with Crippen LogP contribution in [0.5, 0.6) is 0 Å². The number of anilines is 1. The number of amides is 1. The van der Waals surface area contributed by atoms with Crippen molar-refractivity contribution >= 4 is 29.0 Å². The average molecular weight is 414 g/mol. The SMILES string of the molecule is Nc1nc2ncc(CN(C(=O)C(F)(F)F)C3CCC(C(=O)O)CC3)nc2c(=O)[nH]1. The summed E-state index contributed by atoms with van der Waals surface area (Å²) in [5.41, 5.74) is 4.37. The molecule has 10 nitrogen and oxygen atoms in total. The van der Waals surface area contributed by atoms with Crippen LogP contribution in [-0.2, 0) is 16.1 Å². The van der Waals surface area contributed by atoms with Gasteiger partial charge in [0.25, 0.3) is 5.56 Å². The fourth-order valence-corrected chi connectivity index (χ4v) is 3.39. The van der Waals surface area contributed by atoms with Gasteiger partial charge >= 0.3 is 18.1 Å². The predicted octanol–water partition coefficient (Wildman–Crippen LogP) is 0.830. The Hall–Kier alpha value is -3.25. The van der Waals surface area contributed by atoms with Gasteiger partial charge in [0.1, 0.15) is 0 Å². The van der Waals surface area contributed by atoms with Gasteiger partial charge < -0.3 is 15.7 Å². The number of hydrogen-bond donors (Lipinski definition) is 3. The smallest absolute Gasteiger partial charge is 0.471 e. The highest BCUT2D eigenvalue weighted by Gasteiger charge is 2.45. The Labute approximate surface area is 161 Å². The van der Waals surface area contributed by atoms with Crippen LogP contribution in [0.4, 0.5) is 19.1 Å². The van der Waals surface area contributed by atoms with Crippen LogP contribution in [0.3, 0.4) is 0 Å². The summed E-state index contributed by atoms with van der Waals surface area (Å²) in [5, 5.41) is 9.06. The maximum atomic E-state index is 13.1. The molecule has 0 radical (unpaired) electrons. The first-order valence-electron chi connectivity index (χ1n) is 8.68. The fourth-order valence-electron chi connectivity index (χ4n) is 3.39. The summed E-state index contributed by atoms with van der Waals surface area (Å²) < 4.78 is 39.4. The number of carbonyl (C=O) groups excluding carboxylic acids is 1. The highest BCUT2D eigenvalue weighted by Crippen LogP contribution is 2.31. The van der Waals surface area contributed by atoms with E-state index < -0.39 is 42.1 Å². The van der Waals surface area contributed by atoms with Crippen molar-refractivity contribution in [2.75, 3.05) is 5.73 Å². The zero-order valence-corrected chi connectivity index (χ0v) is 14.9. The second-order valence-electron chi connectivity index (χ2n) is 6.76. The van der Waals surface area contributed by atoms with Crippen LogP contribution in [0.25, 0.3) is 11.2 Å². The lowest BCUT2D eigenvalue weighted by Crippen LogP contribution is -2.48. The van der Waals surface area contributed by atoms with Crippen LogP contribution in [0.15, 0.2) is 11.0 Å². The van der Waals surface area contributed by atoms with E-state index in [0.717, 1.165) is 6.20 Å². The Balaban J connectivity index is 1.89. The maximum absolute atomic E-state index is 13.1. The molecule has 1 aliphatic rings. The van der Waals surface area contributed by atoms with Gasteiger partial charge in [-0.15, -0.1) is 0 Å². The third kappa shape index (κ3) is 4.43. The number of nitrogen functional groups attached to an aromatic ring is 1. The maximum Gasteiger partial charge on any atom is 0.471 e. The van der Waals surface area contributed by atoms with Crippen LogP contribution in [-0.4, -0.2) is 54.0 Å². The molecule has 2 aromatic rings.